The van der Waals surface area contributed by atoms with Gasteiger partial charge in [0.1, 0.15) is 11.8 Å². The maximum absolute atomic E-state index is 13.8. The zero-order chi connectivity index (χ0) is 28.7. The number of para-hydroxylation sites is 1. The first-order chi connectivity index (χ1) is 18.7. The molecule has 208 valence electrons. The Morgan fingerprint density at radius 1 is 0.744 bits per heavy atom. The number of carbonyl (C=O) groups is 5. The molecule has 1 amide bonds. The zero-order valence-corrected chi connectivity index (χ0v) is 22.3. The first-order valence-corrected chi connectivity index (χ1v) is 12.3. The molecule has 11 nitrogen and oxygen atoms in total. The van der Waals surface area contributed by atoms with E-state index in [1.165, 1.54) is 33.5 Å². The van der Waals surface area contributed by atoms with Gasteiger partial charge in [-0.1, -0.05) is 24.3 Å². The molecule has 39 heavy (non-hydrogen) atoms. The van der Waals surface area contributed by atoms with Gasteiger partial charge in [-0.15, -0.1) is 0 Å². The molecule has 2 unspecified atom stereocenters. The van der Waals surface area contributed by atoms with E-state index < -0.39 is 53.1 Å². The van der Waals surface area contributed by atoms with Crippen LogP contribution in [0, 0.1) is 17.8 Å². The summed E-state index contributed by atoms with van der Waals surface area (Å²) in [5.74, 6) is -11.4. The average molecular weight is 542 g/mol. The minimum atomic E-state index is -1.96. The number of carbonyl (C=O) groups excluding carboxylic acids is 5. The number of nitrogens with one attached hydrogen (secondary N) is 1. The van der Waals surface area contributed by atoms with Crippen LogP contribution in [-0.4, -0.2) is 64.0 Å². The summed E-state index contributed by atoms with van der Waals surface area (Å²) in [6, 6.07) is 11.1. The SMILES string of the molecule is CCOC(=O)C1C(=O)C(C(=O)Nc2ccccc2)C(=O)C(C(=O)OCC)C1c1ccc(OC)c(OC)c1OC. The van der Waals surface area contributed by atoms with Gasteiger partial charge in [0.2, 0.25) is 11.7 Å². The van der Waals surface area contributed by atoms with Gasteiger partial charge in [0.25, 0.3) is 0 Å². The van der Waals surface area contributed by atoms with E-state index in [1.54, 1.807) is 44.2 Å². The lowest BCUT2D eigenvalue weighted by molar-refractivity contribution is -0.164. The second-order valence-electron chi connectivity index (χ2n) is 8.50. The zero-order valence-electron chi connectivity index (χ0n) is 22.3. The van der Waals surface area contributed by atoms with Crippen molar-refractivity contribution in [2.45, 2.75) is 19.8 Å². The summed E-state index contributed by atoms with van der Waals surface area (Å²) in [5, 5.41) is 2.52. The summed E-state index contributed by atoms with van der Waals surface area (Å²) >= 11 is 0. The monoisotopic (exact) mass is 541 g/mol. The van der Waals surface area contributed by atoms with Crippen molar-refractivity contribution >= 4 is 35.1 Å². The second-order valence-corrected chi connectivity index (χ2v) is 8.50. The van der Waals surface area contributed by atoms with Crippen LogP contribution in [0.25, 0.3) is 0 Å². The molecule has 0 spiro atoms. The molecule has 0 bridgehead atoms. The van der Waals surface area contributed by atoms with Crippen LogP contribution in [0.15, 0.2) is 42.5 Å². The van der Waals surface area contributed by atoms with Gasteiger partial charge in [0.15, 0.2) is 29.0 Å². The summed E-state index contributed by atoms with van der Waals surface area (Å²) in [4.78, 5) is 67.5. The van der Waals surface area contributed by atoms with Crippen molar-refractivity contribution in [2.75, 3.05) is 39.9 Å². The third-order valence-corrected chi connectivity index (χ3v) is 6.38. The van der Waals surface area contributed by atoms with E-state index in [0.717, 1.165) is 0 Å². The number of amides is 1. The summed E-state index contributed by atoms with van der Waals surface area (Å²) < 4.78 is 26.7. The van der Waals surface area contributed by atoms with Gasteiger partial charge in [0.05, 0.1) is 34.5 Å². The number of methoxy groups -OCH3 is 3. The topological polar surface area (TPSA) is 144 Å². The molecule has 0 aliphatic heterocycles. The third kappa shape index (κ3) is 5.71. The van der Waals surface area contributed by atoms with Crippen molar-refractivity contribution in [2.24, 2.45) is 17.8 Å². The highest BCUT2D eigenvalue weighted by molar-refractivity contribution is 6.30. The number of rotatable bonds is 10. The normalized spacial score (nSPS) is 20.5. The van der Waals surface area contributed by atoms with E-state index in [4.69, 9.17) is 23.7 Å². The fourth-order valence-corrected chi connectivity index (χ4v) is 4.78. The number of ketones is 2. The predicted octanol–water partition coefficient (Wildman–Crippen LogP) is 2.56. The molecular formula is C28H31NO10. The summed E-state index contributed by atoms with van der Waals surface area (Å²) in [6.07, 6.45) is 0. The predicted molar refractivity (Wildman–Crippen MR) is 138 cm³/mol. The van der Waals surface area contributed by atoms with Crippen LogP contribution in [0.5, 0.6) is 17.2 Å². The Labute approximate surface area is 225 Å². The van der Waals surface area contributed by atoms with E-state index in [0.29, 0.717) is 5.69 Å². The van der Waals surface area contributed by atoms with Crippen LogP contribution in [-0.2, 0) is 33.4 Å². The maximum atomic E-state index is 13.8. The van der Waals surface area contributed by atoms with Crippen molar-refractivity contribution in [3.8, 4) is 17.2 Å². The van der Waals surface area contributed by atoms with Gasteiger partial charge in [-0.2, -0.15) is 0 Å². The van der Waals surface area contributed by atoms with Crippen molar-refractivity contribution in [3.05, 3.63) is 48.0 Å². The number of ether oxygens (including phenoxy) is 5. The first kappa shape index (κ1) is 29.2. The fourth-order valence-electron chi connectivity index (χ4n) is 4.78. The first-order valence-electron chi connectivity index (χ1n) is 12.3. The molecule has 1 fully saturated rings. The minimum absolute atomic E-state index is 0.0400. The van der Waals surface area contributed by atoms with Crippen LogP contribution in [0.1, 0.15) is 25.3 Å². The summed E-state index contributed by atoms with van der Waals surface area (Å²) in [7, 11) is 4.09. The molecular weight excluding hydrogens is 510 g/mol. The van der Waals surface area contributed by atoms with Crippen molar-refractivity contribution in [1.82, 2.24) is 0 Å². The molecule has 0 radical (unpaired) electrons. The summed E-state index contributed by atoms with van der Waals surface area (Å²) in [6.45, 7) is 2.92. The number of benzene rings is 2. The van der Waals surface area contributed by atoms with Crippen molar-refractivity contribution in [3.63, 3.8) is 0 Å². The van der Waals surface area contributed by atoms with Gasteiger partial charge >= 0.3 is 11.9 Å². The number of hydrogen-bond acceptors (Lipinski definition) is 10. The van der Waals surface area contributed by atoms with Gasteiger partial charge < -0.3 is 29.0 Å². The summed E-state index contributed by atoms with van der Waals surface area (Å²) in [5.41, 5.74) is 0.460. The number of anilines is 1. The van der Waals surface area contributed by atoms with E-state index in [9.17, 15) is 24.0 Å². The van der Waals surface area contributed by atoms with E-state index in [2.05, 4.69) is 5.32 Å². The van der Waals surface area contributed by atoms with Crippen LogP contribution < -0.4 is 19.5 Å². The number of Topliss-reactive ketones (excluding diaryl/α,β-unsaturated/α-hetero) is 2. The van der Waals surface area contributed by atoms with E-state index >= 15 is 0 Å². The largest absolute Gasteiger partial charge is 0.493 e. The molecule has 11 heteroatoms. The van der Waals surface area contributed by atoms with E-state index in [1.807, 2.05) is 0 Å². The van der Waals surface area contributed by atoms with Crippen molar-refractivity contribution in [1.29, 1.82) is 0 Å². The quantitative estimate of drug-likeness (QED) is 0.352. The lowest BCUT2D eigenvalue weighted by Gasteiger charge is -2.37. The molecule has 2 aromatic rings. The Morgan fingerprint density at radius 3 is 1.74 bits per heavy atom. The molecule has 1 aliphatic carbocycles. The highest BCUT2D eigenvalue weighted by atomic mass is 16.5. The number of hydrogen-bond donors (Lipinski definition) is 1. The molecule has 2 atom stereocenters. The van der Waals surface area contributed by atoms with Gasteiger partial charge in [-0.25, -0.2) is 0 Å². The van der Waals surface area contributed by atoms with Crippen LogP contribution in [0.4, 0.5) is 5.69 Å². The third-order valence-electron chi connectivity index (χ3n) is 6.38. The van der Waals surface area contributed by atoms with Crippen LogP contribution in [0.3, 0.4) is 0 Å². The molecule has 1 saturated carbocycles. The van der Waals surface area contributed by atoms with Gasteiger partial charge in [0, 0.05) is 17.2 Å². The Morgan fingerprint density at radius 2 is 1.28 bits per heavy atom. The fraction of sp³-hybridized carbons (Fsp3) is 0.393. The van der Waals surface area contributed by atoms with Gasteiger partial charge in [-0.3, -0.25) is 24.0 Å². The highest BCUT2D eigenvalue weighted by Crippen LogP contribution is 2.50. The molecule has 0 saturated heterocycles. The highest BCUT2D eigenvalue weighted by Gasteiger charge is 2.59. The Hall–Kier alpha value is -4.41. The Balaban J connectivity index is 2.24. The van der Waals surface area contributed by atoms with Crippen LogP contribution >= 0.6 is 0 Å². The standard InChI is InChI=1S/C28H31NO10/c1-6-38-27(33)19-18(16-13-14-17(35-3)25(37-5)24(16)36-4)20(28(34)39-7-2)23(31)21(22(19)30)26(32)29-15-11-9-8-10-12-15/h8-14,18-21H,6-7H2,1-5H3,(H,29,32). The molecule has 2 aromatic carbocycles. The Kier molecular flexibility index (Phi) is 9.64. The van der Waals surface area contributed by atoms with Gasteiger partial charge in [-0.05, 0) is 32.0 Å². The Bertz CT molecular complexity index is 1200. The minimum Gasteiger partial charge on any atom is -0.493 e. The molecule has 0 heterocycles. The molecule has 0 aromatic heterocycles. The van der Waals surface area contributed by atoms with Crippen LogP contribution in [0.2, 0.25) is 0 Å². The molecule has 1 N–H and O–H groups in total. The smallest absolute Gasteiger partial charge is 0.317 e. The maximum Gasteiger partial charge on any atom is 0.317 e. The van der Waals surface area contributed by atoms with E-state index in [-0.39, 0.29) is 36.0 Å². The van der Waals surface area contributed by atoms with Crippen molar-refractivity contribution < 1.29 is 47.7 Å². The average Bonchev–Trinajstić information content (AvgIpc) is 2.92. The molecule has 1 aliphatic rings. The lowest BCUT2D eigenvalue weighted by Crippen LogP contribution is -2.55. The molecule has 3 rings (SSSR count). The lowest BCUT2D eigenvalue weighted by atomic mass is 9.63. The second kappa shape index (κ2) is 12.9. The number of esters is 2.